The van der Waals surface area contributed by atoms with Gasteiger partial charge in [0.25, 0.3) is 0 Å². The Labute approximate surface area is 177 Å². The number of sulfonamides is 1. The van der Waals surface area contributed by atoms with Gasteiger partial charge >= 0.3 is 0 Å². The van der Waals surface area contributed by atoms with Crippen molar-refractivity contribution in [1.82, 2.24) is 9.21 Å². The van der Waals surface area contributed by atoms with Gasteiger partial charge in [0.2, 0.25) is 15.9 Å². The number of halogens is 1. The van der Waals surface area contributed by atoms with Gasteiger partial charge in [-0.25, -0.2) is 8.42 Å². The predicted molar refractivity (Wildman–Crippen MR) is 117 cm³/mol. The Morgan fingerprint density at radius 2 is 1.72 bits per heavy atom. The minimum atomic E-state index is -3.49. The molecule has 0 N–H and O–H groups in total. The van der Waals surface area contributed by atoms with E-state index >= 15 is 0 Å². The lowest BCUT2D eigenvalue weighted by atomic mass is 9.96. The van der Waals surface area contributed by atoms with Gasteiger partial charge in [0.1, 0.15) is 0 Å². The summed E-state index contributed by atoms with van der Waals surface area (Å²) in [6, 6.07) is 16.7. The van der Waals surface area contributed by atoms with Gasteiger partial charge in [-0.15, -0.1) is 0 Å². The monoisotopic (exact) mass is 432 g/mol. The Morgan fingerprint density at radius 1 is 1.10 bits per heavy atom. The lowest BCUT2D eigenvalue weighted by Gasteiger charge is -2.32. The van der Waals surface area contributed by atoms with Crippen LogP contribution in [-0.4, -0.2) is 43.7 Å². The molecule has 0 bridgehead atoms. The summed E-state index contributed by atoms with van der Waals surface area (Å²) in [4.78, 5) is 14.5. The number of hydrogen-bond donors (Lipinski definition) is 0. The van der Waals surface area contributed by atoms with Crippen LogP contribution in [0, 0.1) is 5.92 Å². The van der Waals surface area contributed by atoms with Gasteiger partial charge in [0, 0.05) is 43.0 Å². The summed E-state index contributed by atoms with van der Waals surface area (Å²) in [6.07, 6.45) is 2.66. The summed E-state index contributed by atoms with van der Waals surface area (Å²) in [5, 5.41) is 1.91. The molecule has 7 heteroatoms. The van der Waals surface area contributed by atoms with E-state index in [1.807, 2.05) is 54.6 Å². The minimum Gasteiger partial charge on any atom is -0.341 e. The summed E-state index contributed by atoms with van der Waals surface area (Å²) in [5.41, 5.74) is 1.85. The van der Waals surface area contributed by atoms with Crippen molar-refractivity contribution >= 4 is 33.6 Å². The predicted octanol–water partition coefficient (Wildman–Crippen LogP) is 4.01. The SMILES string of the molecule is CN(Cc1ccc(Cl)cc1)C(=O)C1CCN(S(=O)(=O)C=Cc2ccccc2)CC1. The fourth-order valence-corrected chi connectivity index (χ4v) is 4.77. The molecule has 0 saturated carbocycles. The van der Waals surface area contributed by atoms with Crippen LogP contribution in [0.2, 0.25) is 5.02 Å². The van der Waals surface area contributed by atoms with E-state index in [2.05, 4.69) is 0 Å². The summed E-state index contributed by atoms with van der Waals surface area (Å²) >= 11 is 5.90. The van der Waals surface area contributed by atoms with Crippen molar-refractivity contribution in [3.8, 4) is 0 Å². The Balaban J connectivity index is 1.54. The van der Waals surface area contributed by atoms with Gasteiger partial charge in [-0.05, 0) is 42.2 Å². The number of carbonyl (C=O) groups excluding carboxylic acids is 1. The zero-order valence-electron chi connectivity index (χ0n) is 16.4. The highest BCUT2D eigenvalue weighted by molar-refractivity contribution is 7.92. The van der Waals surface area contributed by atoms with Crippen molar-refractivity contribution in [3.05, 3.63) is 76.2 Å². The summed E-state index contributed by atoms with van der Waals surface area (Å²) in [6.45, 7) is 1.22. The molecule has 5 nitrogen and oxygen atoms in total. The second kappa shape index (κ2) is 9.57. The molecular formula is C22H25ClN2O3S. The third-order valence-electron chi connectivity index (χ3n) is 5.10. The van der Waals surface area contributed by atoms with Gasteiger partial charge < -0.3 is 4.90 Å². The minimum absolute atomic E-state index is 0.0526. The van der Waals surface area contributed by atoms with Crippen LogP contribution in [0.1, 0.15) is 24.0 Å². The van der Waals surface area contributed by atoms with E-state index in [1.165, 1.54) is 9.71 Å². The highest BCUT2D eigenvalue weighted by Crippen LogP contribution is 2.23. The summed E-state index contributed by atoms with van der Waals surface area (Å²) < 4.78 is 26.6. The van der Waals surface area contributed by atoms with Crippen molar-refractivity contribution in [2.75, 3.05) is 20.1 Å². The van der Waals surface area contributed by atoms with Gasteiger partial charge in [0.05, 0.1) is 0 Å². The fraction of sp³-hybridized carbons (Fsp3) is 0.318. The smallest absolute Gasteiger partial charge is 0.236 e. The van der Waals surface area contributed by atoms with Crippen LogP contribution >= 0.6 is 11.6 Å². The molecule has 2 aromatic carbocycles. The van der Waals surface area contributed by atoms with E-state index in [4.69, 9.17) is 11.6 Å². The number of carbonyl (C=O) groups is 1. The fourth-order valence-electron chi connectivity index (χ4n) is 3.43. The number of amides is 1. The molecule has 2 aromatic rings. The zero-order chi connectivity index (χ0) is 20.9. The van der Waals surface area contributed by atoms with E-state index < -0.39 is 10.0 Å². The Bertz CT molecular complexity index is 951. The molecule has 0 unspecified atom stereocenters. The molecule has 0 atom stereocenters. The van der Waals surface area contributed by atoms with Crippen molar-refractivity contribution in [2.45, 2.75) is 19.4 Å². The average molecular weight is 433 g/mol. The highest BCUT2D eigenvalue weighted by atomic mass is 35.5. The molecule has 1 heterocycles. The summed E-state index contributed by atoms with van der Waals surface area (Å²) in [5.74, 6) is -0.103. The number of piperidine rings is 1. The van der Waals surface area contributed by atoms with Crippen LogP contribution in [0.4, 0.5) is 0 Å². The maximum absolute atomic E-state index is 12.8. The molecule has 1 aliphatic rings. The van der Waals surface area contributed by atoms with E-state index in [-0.39, 0.29) is 11.8 Å². The zero-order valence-corrected chi connectivity index (χ0v) is 17.9. The first-order valence-electron chi connectivity index (χ1n) is 9.58. The van der Waals surface area contributed by atoms with Crippen LogP contribution < -0.4 is 0 Å². The average Bonchev–Trinajstić information content (AvgIpc) is 2.74. The molecule has 1 fully saturated rings. The number of nitrogens with zero attached hydrogens (tertiary/aromatic N) is 2. The molecule has 1 saturated heterocycles. The Kier molecular flexibility index (Phi) is 7.11. The highest BCUT2D eigenvalue weighted by Gasteiger charge is 2.31. The second-order valence-corrected chi connectivity index (χ2v) is 9.51. The van der Waals surface area contributed by atoms with E-state index in [0.717, 1.165) is 11.1 Å². The molecular weight excluding hydrogens is 408 g/mol. The Hall–Kier alpha value is -2.15. The quantitative estimate of drug-likeness (QED) is 0.692. The molecule has 29 heavy (non-hydrogen) atoms. The van der Waals surface area contributed by atoms with E-state index in [0.29, 0.717) is 37.5 Å². The van der Waals surface area contributed by atoms with Crippen LogP contribution in [0.3, 0.4) is 0 Å². The lowest BCUT2D eigenvalue weighted by Crippen LogP contribution is -2.42. The molecule has 3 rings (SSSR count). The van der Waals surface area contributed by atoms with Crippen LogP contribution in [-0.2, 0) is 21.4 Å². The number of hydrogen-bond acceptors (Lipinski definition) is 3. The standard InChI is InChI=1S/C22H25ClN2O3S/c1-24(17-19-7-9-21(23)10-8-19)22(26)20-11-14-25(15-12-20)29(27,28)16-13-18-5-3-2-4-6-18/h2-10,13,16,20H,11-12,14-15,17H2,1H3. The van der Waals surface area contributed by atoms with E-state index in [1.54, 1.807) is 18.0 Å². The number of benzene rings is 2. The molecule has 154 valence electrons. The molecule has 1 amide bonds. The van der Waals surface area contributed by atoms with Crippen molar-refractivity contribution in [2.24, 2.45) is 5.92 Å². The van der Waals surface area contributed by atoms with Gasteiger partial charge in [-0.1, -0.05) is 54.1 Å². The molecule has 0 radical (unpaired) electrons. The first-order chi connectivity index (χ1) is 13.8. The number of rotatable bonds is 6. The van der Waals surface area contributed by atoms with Crippen LogP contribution in [0.25, 0.3) is 6.08 Å². The second-order valence-electron chi connectivity index (χ2n) is 7.25. The normalized spacial score (nSPS) is 16.2. The van der Waals surface area contributed by atoms with Gasteiger partial charge in [-0.3, -0.25) is 4.79 Å². The van der Waals surface area contributed by atoms with Crippen molar-refractivity contribution in [1.29, 1.82) is 0 Å². The van der Waals surface area contributed by atoms with Crippen molar-refractivity contribution < 1.29 is 13.2 Å². The van der Waals surface area contributed by atoms with Gasteiger partial charge in [0.15, 0.2) is 0 Å². The van der Waals surface area contributed by atoms with E-state index in [9.17, 15) is 13.2 Å². The maximum Gasteiger partial charge on any atom is 0.236 e. The van der Waals surface area contributed by atoms with Crippen LogP contribution in [0.5, 0.6) is 0 Å². The van der Waals surface area contributed by atoms with Crippen molar-refractivity contribution in [3.63, 3.8) is 0 Å². The third-order valence-corrected chi connectivity index (χ3v) is 6.92. The molecule has 0 aromatic heterocycles. The summed E-state index contributed by atoms with van der Waals surface area (Å²) in [7, 11) is -1.71. The first-order valence-corrected chi connectivity index (χ1v) is 11.5. The first kappa shape index (κ1) is 21.6. The Morgan fingerprint density at radius 3 is 2.34 bits per heavy atom. The third kappa shape index (κ3) is 5.92. The molecule has 1 aliphatic heterocycles. The maximum atomic E-state index is 12.8. The largest absolute Gasteiger partial charge is 0.341 e. The van der Waals surface area contributed by atoms with Crippen LogP contribution in [0.15, 0.2) is 60.0 Å². The lowest BCUT2D eigenvalue weighted by molar-refractivity contribution is -0.135. The van der Waals surface area contributed by atoms with Gasteiger partial charge in [-0.2, -0.15) is 4.31 Å². The topological polar surface area (TPSA) is 57.7 Å². The molecule has 0 spiro atoms. The molecule has 0 aliphatic carbocycles.